The molecule has 4 nitrogen and oxygen atoms in total. The minimum atomic E-state index is 0.323. The van der Waals surface area contributed by atoms with Crippen molar-refractivity contribution in [2.45, 2.75) is 12.1 Å². The van der Waals surface area contributed by atoms with Gasteiger partial charge in [-0.1, -0.05) is 18.2 Å². The van der Waals surface area contributed by atoms with Crippen molar-refractivity contribution in [2.75, 3.05) is 40.8 Å². The van der Waals surface area contributed by atoms with Crippen LogP contribution in [0.25, 0.3) is 10.8 Å². The lowest BCUT2D eigenvalue weighted by molar-refractivity contribution is 0.0900. The Balaban J connectivity index is 2.01. The van der Waals surface area contributed by atoms with Crippen molar-refractivity contribution in [3.63, 3.8) is 0 Å². The number of aromatic nitrogens is 1. The van der Waals surface area contributed by atoms with Crippen LogP contribution >= 0.6 is 0 Å². The molecule has 2 unspecified atom stereocenters. The van der Waals surface area contributed by atoms with Gasteiger partial charge in [0.1, 0.15) is 0 Å². The van der Waals surface area contributed by atoms with Crippen molar-refractivity contribution in [1.82, 2.24) is 20.1 Å². The molecule has 2 atom stereocenters. The zero-order chi connectivity index (χ0) is 14.8. The second kappa shape index (κ2) is 6.10. The Labute approximate surface area is 126 Å². The van der Waals surface area contributed by atoms with Gasteiger partial charge in [0.2, 0.25) is 0 Å². The van der Waals surface area contributed by atoms with Crippen LogP contribution in [-0.2, 0) is 0 Å². The molecule has 1 aromatic carbocycles. The first-order valence-corrected chi connectivity index (χ1v) is 7.59. The maximum absolute atomic E-state index is 4.24. The summed E-state index contributed by atoms with van der Waals surface area (Å²) in [6.45, 7) is 3.35. The van der Waals surface area contributed by atoms with E-state index in [1.54, 1.807) is 0 Å². The fourth-order valence-electron chi connectivity index (χ4n) is 3.38. The van der Waals surface area contributed by atoms with E-state index in [2.05, 4.69) is 65.5 Å². The molecule has 21 heavy (non-hydrogen) atoms. The number of nitrogens with one attached hydrogen (secondary N) is 1. The molecule has 0 amide bonds. The van der Waals surface area contributed by atoms with Crippen molar-refractivity contribution in [2.24, 2.45) is 0 Å². The molecule has 0 saturated carbocycles. The first kappa shape index (κ1) is 14.4. The van der Waals surface area contributed by atoms with Crippen molar-refractivity contribution < 1.29 is 0 Å². The Morgan fingerprint density at radius 2 is 2.10 bits per heavy atom. The largest absolute Gasteiger partial charge is 0.312 e. The van der Waals surface area contributed by atoms with Crippen molar-refractivity contribution in [1.29, 1.82) is 0 Å². The minimum absolute atomic E-state index is 0.323. The zero-order valence-corrected chi connectivity index (χ0v) is 13.1. The Morgan fingerprint density at radius 1 is 1.24 bits per heavy atom. The van der Waals surface area contributed by atoms with Gasteiger partial charge in [0.15, 0.2) is 0 Å². The van der Waals surface area contributed by atoms with Crippen molar-refractivity contribution in [3.05, 3.63) is 42.2 Å². The predicted molar refractivity (Wildman–Crippen MR) is 87.5 cm³/mol. The molecule has 1 saturated heterocycles. The van der Waals surface area contributed by atoms with Gasteiger partial charge in [0.05, 0.1) is 0 Å². The van der Waals surface area contributed by atoms with E-state index in [1.807, 2.05) is 12.4 Å². The van der Waals surface area contributed by atoms with Crippen LogP contribution < -0.4 is 5.32 Å². The lowest BCUT2D eigenvalue weighted by atomic mass is 9.92. The van der Waals surface area contributed by atoms with Gasteiger partial charge in [-0.05, 0) is 38.2 Å². The molecule has 1 aliphatic heterocycles. The van der Waals surface area contributed by atoms with Gasteiger partial charge in [0.25, 0.3) is 0 Å². The van der Waals surface area contributed by atoms with E-state index in [1.165, 1.54) is 16.3 Å². The number of hydrogen-bond donors (Lipinski definition) is 1. The van der Waals surface area contributed by atoms with E-state index in [9.17, 15) is 0 Å². The highest BCUT2D eigenvalue weighted by atomic mass is 15.3. The Kier molecular flexibility index (Phi) is 4.19. The monoisotopic (exact) mass is 284 g/mol. The Bertz CT molecular complexity index is 607. The van der Waals surface area contributed by atoms with E-state index in [0.717, 1.165) is 19.6 Å². The third-order valence-electron chi connectivity index (χ3n) is 4.64. The number of hydrogen-bond acceptors (Lipinski definition) is 4. The molecule has 0 spiro atoms. The van der Waals surface area contributed by atoms with Crippen LogP contribution in [0.4, 0.5) is 0 Å². The average molecular weight is 284 g/mol. The lowest BCUT2D eigenvalue weighted by Gasteiger charge is -2.42. The number of piperazine rings is 1. The topological polar surface area (TPSA) is 31.4 Å². The maximum atomic E-state index is 4.24. The summed E-state index contributed by atoms with van der Waals surface area (Å²) in [7, 11) is 6.50. The van der Waals surface area contributed by atoms with Gasteiger partial charge in [0, 0.05) is 49.5 Å². The van der Waals surface area contributed by atoms with E-state index in [0.29, 0.717) is 12.1 Å². The summed E-state index contributed by atoms with van der Waals surface area (Å²) in [4.78, 5) is 9.13. The normalized spacial score (nSPS) is 22.5. The van der Waals surface area contributed by atoms with Crippen LogP contribution in [0.15, 0.2) is 36.7 Å². The van der Waals surface area contributed by atoms with Crippen LogP contribution in [0.1, 0.15) is 11.6 Å². The Morgan fingerprint density at radius 3 is 2.90 bits per heavy atom. The standard InChI is InChI=1S/C17H24N4/c1-18-17(16-12-20(2)9-10-21(16)3)15-6-4-5-13-11-19-8-7-14(13)15/h4-8,11,16-18H,9-10,12H2,1-3H3. The highest BCUT2D eigenvalue weighted by molar-refractivity contribution is 5.85. The molecule has 2 aromatic rings. The second-order valence-electron chi connectivity index (χ2n) is 6.02. The molecule has 3 rings (SSSR count). The zero-order valence-electron chi connectivity index (χ0n) is 13.1. The average Bonchev–Trinajstić information content (AvgIpc) is 2.51. The molecule has 4 heteroatoms. The maximum Gasteiger partial charge on any atom is 0.0494 e. The second-order valence-corrected chi connectivity index (χ2v) is 6.02. The fraction of sp³-hybridized carbons (Fsp3) is 0.471. The summed E-state index contributed by atoms with van der Waals surface area (Å²) in [5, 5.41) is 6.05. The third kappa shape index (κ3) is 2.79. The fourth-order valence-corrected chi connectivity index (χ4v) is 3.38. The van der Waals surface area contributed by atoms with Gasteiger partial charge in [-0.3, -0.25) is 9.88 Å². The molecule has 112 valence electrons. The summed E-state index contributed by atoms with van der Waals surface area (Å²) >= 11 is 0. The molecule has 1 fully saturated rings. The van der Waals surface area contributed by atoms with Gasteiger partial charge in [-0.25, -0.2) is 0 Å². The predicted octanol–water partition coefficient (Wildman–Crippen LogP) is 1.74. The number of benzene rings is 1. The van der Waals surface area contributed by atoms with Gasteiger partial charge < -0.3 is 10.2 Å². The summed E-state index contributed by atoms with van der Waals surface area (Å²) in [6.07, 6.45) is 3.83. The molecular weight excluding hydrogens is 260 g/mol. The lowest BCUT2D eigenvalue weighted by Crippen LogP contribution is -2.54. The third-order valence-corrected chi connectivity index (χ3v) is 4.64. The molecule has 1 aliphatic rings. The van der Waals surface area contributed by atoms with Crippen molar-refractivity contribution in [3.8, 4) is 0 Å². The van der Waals surface area contributed by atoms with E-state index in [4.69, 9.17) is 0 Å². The number of rotatable bonds is 3. The van der Waals surface area contributed by atoms with Crippen LogP contribution in [0.3, 0.4) is 0 Å². The van der Waals surface area contributed by atoms with Crippen LogP contribution in [0, 0.1) is 0 Å². The highest BCUT2D eigenvalue weighted by Crippen LogP contribution is 2.28. The van der Waals surface area contributed by atoms with Crippen molar-refractivity contribution >= 4 is 10.8 Å². The summed E-state index contributed by atoms with van der Waals surface area (Å²) in [6, 6.07) is 9.44. The number of pyridine rings is 1. The van der Waals surface area contributed by atoms with Gasteiger partial charge in [-0.2, -0.15) is 0 Å². The van der Waals surface area contributed by atoms with Crippen LogP contribution in [0.5, 0.6) is 0 Å². The van der Waals surface area contributed by atoms with E-state index < -0.39 is 0 Å². The molecule has 0 radical (unpaired) electrons. The summed E-state index contributed by atoms with van der Waals surface area (Å²) in [5.74, 6) is 0. The number of fused-ring (bicyclic) bond motifs is 1. The smallest absolute Gasteiger partial charge is 0.0494 e. The van der Waals surface area contributed by atoms with Gasteiger partial charge >= 0.3 is 0 Å². The summed E-state index contributed by atoms with van der Waals surface area (Å²) < 4.78 is 0. The molecule has 0 bridgehead atoms. The minimum Gasteiger partial charge on any atom is -0.312 e. The van der Waals surface area contributed by atoms with E-state index in [-0.39, 0.29) is 0 Å². The van der Waals surface area contributed by atoms with Crippen LogP contribution in [-0.4, -0.2) is 61.6 Å². The molecule has 2 heterocycles. The molecular formula is C17H24N4. The van der Waals surface area contributed by atoms with Crippen LogP contribution in [0.2, 0.25) is 0 Å². The Hall–Kier alpha value is -1.49. The molecule has 0 aliphatic carbocycles. The first-order valence-electron chi connectivity index (χ1n) is 7.59. The quantitative estimate of drug-likeness (QED) is 0.930. The SMILES string of the molecule is CNC(c1cccc2cnccc12)C1CN(C)CCN1C. The molecule has 1 aromatic heterocycles. The number of likely N-dealkylation sites (N-methyl/N-ethyl adjacent to an activating group) is 3. The molecule has 1 N–H and O–H groups in total. The van der Waals surface area contributed by atoms with E-state index >= 15 is 0 Å². The number of nitrogens with zero attached hydrogens (tertiary/aromatic N) is 3. The first-order chi connectivity index (χ1) is 10.2. The summed E-state index contributed by atoms with van der Waals surface area (Å²) in [5.41, 5.74) is 1.37. The highest BCUT2D eigenvalue weighted by Gasteiger charge is 2.30. The van der Waals surface area contributed by atoms with Gasteiger partial charge in [-0.15, -0.1) is 0 Å².